The zero-order chi connectivity index (χ0) is 26.5. The van der Waals surface area contributed by atoms with Gasteiger partial charge in [0.05, 0.1) is 22.3 Å². The SMILES string of the molecule is CN(C)c1ccc(Nc2cc(N3CCN(c4ccccn4)CC3)c3noc4c3c2C(=O)c2ccccc2-4)cc1. The van der Waals surface area contributed by atoms with Gasteiger partial charge < -0.3 is 24.5 Å². The van der Waals surface area contributed by atoms with Crippen LogP contribution in [0.5, 0.6) is 0 Å². The topological polar surface area (TPSA) is 77.7 Å². The standard InChI is InChI=1S/C31H28N6O2/c1-35(2)21-12-10-20(11-13-21)33-24-19-25(36-15-17-37(18-16-36)26-9-5-6-14-32-26)29-28-27(24)30(38)22-7-3-4-8-23(22)31(28)39-34-29/h3-14,19,33H,15-18H2,1-2H3. The predicted molar refractivity (Wildman–Crippen MR) is 156 cm³/mol. The van der Waals surface area contributed by atoms with Crippen LogP contribution in [0.4, 0.5) is 28.6 Å². The van der Waals surface area contributed by atoms with Gasteiger partial charge in [-0.3, -0.25) is 4.79 Å². The summed E-state index contributed by atoms with van der Waals surface area (Å²) in [7, 11) is 4.04. The second-order valence-electron chi connectivity index (χ2n) is 10.2. The minimum Gasteiger partial charge on any atom is -0.378 e. The molecular weight excluding hydrogens is 488 g/mol. The van der Waals surface area contributed by atoms with Crippen molar-refractivity contribution in [2.45, 2.75) is 0 Å². The molecule has 8 heteroatoms. The number of hydrogen-bond acceptors (Lipinski definition) is 8. The van der Waals surface area contributed by atoms with E-state index in [1.165, 1.54) is 0 Å². The van der Waals surface area contributed by atoms with Crippen LogP contribution in [-0.4, -0.2) is 56.2 Å². The second-order valence-corrected chi connectivity index (χ2v) is 10.2. The Morgan fingerprint density at radius 3 is 2.31 bits per heavy atom. The van der Waals surface area contributed by atoms with Crippen LogP contribution >= 0.6 is 0 Å². The molecule has 0 atom stereocenters. The average molecular weight is 517 g/mol. The molecule has 1 saturated heterocycles. The van der Waals surface area contributed by atoms with Gasteiger partial charge in [-0.15, -0.1) is 0 Å². The van der Waals surface area contributed by atoms with E-state index in [0.717, 1.165) is 71.2 Å². The van der Waals surface area contributed by atoms with E-state index in [1.807, 2.05) is 74.9 Å². The molecule has 7 rings (SSSR count). The van der Waals surface area contributed by atoms with Gasteiger partial charge in [0.25, 0.3) is 0 Å². The molecule has 194 valence electrons. The van der Waals surface area contributed by atoms with Gasteiger partial charge in [0.2, 0.25) is 0 Å². The second kappa shape index (κ2) is 9.16. The highest BCUT2D eigenvalue weighted by Gasteiger charge is 2.34. The fourth-order valence-electron chi connectivity index (χ4n) is 5.60. The summed E-state index contributed by atoms with van der Waals surface area (Å²) < 4.78 is 5.96. The van der Waals surface area contributed by atoms with Gasteiger partial charge in [-0.1, -0.05) is 35.5 Å². The highest BCUT2D eigenvalue weighted by Crippen LogP contribution is 2.46. The average Bonchev–Trinajstić information content (AvgIpc) is 3.42. The van der Waals surface area contributed by atoms with Crippen LogP contribution in [0, 0.1) is 0 Å². The van der Waals surface area contributed by atoms with Crippen molar-refractivity contribution in [2.24, 2.45) is 0 Å². The number of aromatic nitrogens is 2. The molecule has 1 aliphatic carbocycles. The van der Waals surface area contributed by atoms with E-state index in [4.69, 9.17) is 4.52 Å². The third-order valence-corrected chi connectivity index (χ3v) is 7.63. The van der Waals surface area contributed by atoms with Crippen LogP contribution in [-0.2, 0) is 0 Å². The Kier molecular flexibility index (Phi) is 5.47. The Morgan fingerprint density at radius 2 is 1.59 bits per heavy atom. The lowest BCUT2D eigenvalue weighted by Crippen LogP contribution is -2.47. The first-order valence-corrected chi connectivity index (χ1v) is 13.1. The predicted octanol–water partition coefficient (Wildman–Crippen LogP) is 5.57. The van der Waals surface area contributed by atoms with Crippen LogP contribution < -0.4 is 20.0 Å². The number of carbonyl (C=O) groups excluding carboxylic acids is 1. The van der Waals surface area contributed by atoms with E-state index in [-0.39, 0.29) is 5.78 Å². The van der Waals surface area contributed by atoms with E-state index >= 15 is 0 Å². The van der Waals surface area contributed by atoms with Crippen molar-refractivity contribution in [1.82, 2.24) is 10.1 Å². The number of carbonyl (C=O) groups is 1. The number of pyridine rings is 1. The van der Waals surface area contributed by atoms with Gasteiger partial charge in [0.1, 0.15) is 11.3 Å². The molecule has 3 heterocycles. The van der Waals surface area contributed by atoms with Gasteiger partial charge in [-0.05, 0) is 42.5 Å². The molecule has 1 aliphatic heterocycles. The molecule has 0 amide bonds. The molecule has 1 N–H and O–H groups in total. The monoisotopic (exact) mass is 516 g/mol. The summed E-state index contributed by atoms with van der Waals surface area (Å²) in [5, 5.41) is 8.85. The lowest BCUT2D eigenvalue weighted by atomic mass is 9.86. The van der Waals surface area contributed by atoms with Crippen molar-refractivity contribution in [2.75, 3.05) is 60.3 Å². The van der Waals surface area contributed by atoms with E-state index < -0.39 is 0 Å². The number of benzene rings is 3. The molecular formula is C31H28N6O2. The number of hydrogen-bond donors (Lipinski definition) is 1. The summed E-state index contributed by atoms with van der Waals surface area (Å²) in [6.07, 6.45) is 1.83. The number of nitrogens with zero attached hydrogens (tertiary/aromatic N) is 5. The van der Waals surface area contributed by atoms with Crippen molar-refractivity contribution in [1.29, 1.82) is 0 Å². The third-order valence-electron chi connectivity index (χ3n) is 7.63. The van der Waals surface area contributed by atoms with Crippen LogP contribution in [0.2, 0.25) is 0 Å². The molecule has 5 aromatic rings. The van der Waals surface area contributed by atoms with Crippen molar-refractivity contribution >= 4 is 45.3 Å². The summed E-state index contributed by atoms with van der Waals surface area (Å²) >= 11 is 0. The van der Waals surface area contributed by atoms with E-state index in [1.54, 1.807) is 0 Å². The van der Waals surface area contributed by atoms with Crippen molar-refractivity contribution in [3.8, 4) is 11.3 Å². The van der Waals surface area contributed by atoms with Gasteiger partial charge in [0, 0.05) is 69.0 Å². The summed E-state index contributed by atoms with van der Waals surface area (Å²) in [5.74, 6) is 1.61. The fraction of sp³-hybridized carbons (Fsp3) is 0.194. The lowest BCUT2D eigenvalue weighted by Gasteiger charge is -2.37. The molecule has 3 aromatic carbocycles. The highest BCUT2D eigenvalue weighted by atomic mass is 16.5. The maximum Gasteiger partial charge on any atom is 0.196 e. The normalized spacial score (nSPS) is 14.5. The Morgan fingerprint density at radius 1 is 0.872 bits per heavy atom. The van der Waals surface area contributed by atoms with Crippen LogP contribution in [0.15, 0.2) is 83.5 Å². The molecule has 0 bridgehead atoms. The maximum absolute atomic E-state index is 13.9. The molecule has 39 heavy (non-hydrogen) atoms. The van der Waals surface area contributed by atoms with Crippen molar-refractivity contribution in [3.63, 3.8) is 0 Å². The van der Waals surface area contributed by atoms with Crippen LogP contribution in [0.3, 0.4) is 0 Å². The van der Waals surface area contributed by atoms with E-state index in [9.17, 15) is 4.79 Å². The highest BCUT2D eigenvalue weighted by molar-refractivity contribution is 6.28. The minimum absolute atomic E-state index is 0.0229. The molecule has 1 fully saturated rings. The van der Waals surface area contributed by atoms with Gasteiger partial charge in [0.15, 0.2) is 11.5 Å². The molecule has 0 spiro atoms. The molecule has 0 unspecified atom stereocenters. The number of nitrogens with one attached hydrogen (secondary N) is 1. The first kappa shape index (κ1) is 23.3. The smallest absolute Gasteiger partial charge is 0.196 e. The summed E-state index contributed by atoms with van der Waals surface area (Å²) in [6, 6.07) is 23.9. The third kappa shape index (κ3) is 3.87. The molecule has 2 aliphatic rings. The van der Waals surface area contributed by atoms with Gasteiger partial charge in [-0.25, -0.2) is 4.98 Å². The van der Waals surface area contributed by atoms with Crippen LogP contribution in [0.1, 0.15) is 15.9 Å². The first-order chi connectivity index (χ1) is 19.1. The van der Waals surface area contributed by atoms with Gasteiger partial charge in [-0.2, -0.15) is 0 Å². The zero-order valence-corrected chi connectivity index (χ0v) is 21.9. The fourth-order valence-corrected chi connectivity index (χ4v) is 5.60. The summed E-state index contributed by atoms with van der Waals surface area (Å²) in [6.45, 7) is 3.27. The Labute approximate surface area is 226 Å². The first-order valence-electron chi connectivity index (χ1n) is 13.1. The molecule has 0 radical (unpaired) electrons. The summed E-state index contributed by atoms with van der Waals surface area (Å²) in [4.78, 5) is 25.1. The summed E-state index contributed by atoms with van der Waals surface area (Å²) in [5.41, 5.74) is 6.48. The largest absolute Gasteiger partial charge is 0.378 e. The van der Waals surface area contributed by atoms with Crippen molar-refractivity contribution < 1.29 is 9.32 Å². The lowest BCUT2D eigenvalue weighted by molar-refractivity contribution is 0.104. The van der Waals surface area contributed by atoms with Gasteiger partial charge >= 0.3 is 0 Å². The quantitative estimate of drug-likeness (QED) is 0.319. The maximum atomic E-state index is 13.9. The van der Waals surface area contributed by atoms with E-state index in [2.05, 4.69) is 48.4 Å². The molecule has 2 aromatic heterocycles. The number of anilines is 5. The molecule has 8 nitrogen and oxygen atoms in total. The number of piperazine rings is 1. The number of ketones is 1. The minimum atomic E-state index is -0.0229. The Hall–Kier alpha value is -4.85. The Bertz CT molecular complexity index is 1690. The van der Waals surface area contributed by atoms with Crippen molar-refractivity contribution in [3.05, 3.63) is 90.1 Å². The number of fused-ring (bicyclic) bond motifs is 2. The molecule has 0 saturated carbocycles. The van der Waals surface area contributed by atoms with Crippen LogP contribution in [0.25, 0.3) is 22.2 Å². The number of rotatable bonds is 5. The Balaban J connectivity index is 1.32. The van der Waals surface area contributed by atoms with E-state index in [0.29, 0.717) is 16.9 Å². The zero-order valence-electron chi connectivity index (χ0n) is 21.9.